The average molecular weight is 982 g/mol. The van der Waals surface area contributed by atoms with E-state index in [2.05, 4.69) is 62.5 Å². The summed E-state index contributed by atoms with van der Waals surface area (Å²) in [6, 6.07) is -1.04. The number of carbonyl (C=O) groups is 2. The van der Waals surface area contributed by atoms with Crippen molar-refractivity contribution >= 4 is 11.9 Å². The Balaban J connectivity index is 2.78. The molecule has 11 heteroatoms. The molecule has 6 N–H and O–H groups in total. The van der Waals surface area contributed by atoms with Gasteiger partial charge in [-0.15, -0.1) is 0 Å². The van der Waals surface area contributed by atoms with Gasteiger partial charge in [0, 0.05) is 6.42 Å². The number of aliphatic hydroxyl groups is 5. The molecule has 0 saturated carbocycles. The normalized spacial score (nSPS) is 20.5. The van der Waals surface area contributed by atoms with Gasteiger partial charge < -0.3 is 45.1 Å². The van der Waals surface area contributed by atoms with Crippen molar-refractivity contribution in [2.75, 3.05) is 13.2 Å². The lowest BCUT2D eigenvalue weighted by Crippen LogP contribution is -2.61. The monoisotopic (exact) mass is 982 g/mol. The number of hydrogen-bond donors (Lipinski definition) is 6. The van der Waals surface area contributed by atoms with Gasteiger partial charge in [-0.3, -0.25) is 9.59 Å². The zero-order valence-electron chi connectivity index (χ0n) is 43.8. The minimum Gasteiger partial charge on any atom is -0.454 e. The van der Waals surface area contributed by atoms with Crippen molar-refractivity contribution in [2.24, 2.45) is 0 Å². The van der Waals surface area contributed by atoms with Crippen LogP contribution in [-0.2, 0) is 23.8 Å². The first-order valence-electron chi connectivity index (χ1n) is 27.6. The van der Waals surface area contributed by atoms with Gasteiger partial charge in [0.15, 0.2) is 12.4 Å². The molecule has 8 unspecified atom stereocenters. The summed E-state index contributed by atoms with van der Waals surface area (Å²) in [6.07, 6.45) is 50.2. The Hall–Kier alpha value is -3.42. The van der Waals surface area contributed by atoms with Crippen LogP contribution in [0.3, 0.4) is 0 Å². The quantitative estimate of drug-likeness (QED) is 0.0149. The lowest BCUT2D eigenvalue weighted by atomic mass is 9.99. The third-order valence-corrected chi connectivity index (χ3v) is 12.4. The van der Waals surface area contributed by atoms with E-state index >= 15 is 0 Å². The van der Waals surface area contributed by atoms with Crippen molar-refractivity contribution < 1.29 is 49.3 Å². The minimum atomic E-state index is -1.63. The van der Waals surface area contributed by atoms with Gasteiger partial charge in [-0.05, 0) is 64.2 Å². The van der Waals surface area contributed by atoms with E-state index in [1.807, 2.05) is 54.7 Å². The van der Waals surface area contributed by atoms with E-state index in [0.717, 1.165) is 109 Å². The molecule has 1 amide bonds. The largest absolute Gasteiger partial charge is 0.454 e. The van der Waals surface area contributed by atoms with Crippen LogP contribution < -0.4 is 5.32 Å². The minimum absolute atomic E-state index is 0.0908. The highest BCUT2D eigenvalue weighted by Gasteiger charge is 2.47. The number of amides is 1. The maximum Gasteiger partial charge on any atom is 0.306 e. The Bertz CT molecular complexity index is 1500. The molecule has 1 rings (SSSR count). The fourth-order valence-electron chi connectivity index (χ4n) is 8.01. The van der Waals surface area contributed by atoms with Gasteiger partial charge in [-0.2, -0.15) is 0 Å². The van der Waals surface area contributed by atoms with Gasteiger partial charge in [0.2, 0.25) is 5.91 Å². The third-order valence-electron chi connectivity index (χ3n) is 12.4. The molecule has 0 spiro atoms. The zero-order valence-corrected chi connectivity index (χ0v) is 43.8. The van der Waals surface area contributed by atoms with E-state index in [0.29, 0.717) is 12.8 Å². The van der Waals surface area contributed by atoms with Gasteiger partial charge in [-0.1, -0.05) is 227 Å². The topological polar surface area (TPSA) is 175 Å². The van der Waals surface area contributed by atoms with Crippen LogP contribution in [0.4, 0.5) is 0 Å². The standard InChI is InChI=1S/C59H99NO10/c1-4-7-10-13-16-19-22-25-27-29-32-35-38-41-44-47-54(64)70-57-56(66)55(65)53(48-61)69-59(57)68-49-50(51(62)45-42-39-36-33-30-24-21-18-15-12-9-6-3)60-58(67)52(63)46-43-40-37-34-31-28-26-23-20-17-14-11-8-5-2/h7-8,10-11,13-14,16-17,19-20,22-23,25,27,42,45,50-53,55-57,59,61-63,65-66H,4-6,9,12,15,18,21,24,26,28-41,43-44,46-49H2,1-3H3,(H,60,67)/b10-7+,11-8+,16-13+,17-14+,22-19+,23-20+,27-25-,45-42+. The summed E-state index contributed by atoms with van der Waals surface area (Å²) < 4.78 is 17.5. The molecule has 11 nitrogen and oxygen atoms in total. The summed E-state index contributed by atoms with van der Waals surface area (Å²) in [5.41, 5.74) is 0. The lowest BCUT2D eigenvalue weighted by molar-refractivity contribution is -0.305. The number of aliphatic hydroxyl groups excluding tert-OH is 5. The van der Waals surface area contributed by atoms with Crippen LogP contribution in [0.5, 0.6) is 0 Å². The van der Waals surface area contributed by atoms with Gasteiger partial charge in [0.25, 0.3) is 0 Å². The predicted octanol–water partition coefficient (Wildman–Crippen LogP) is 12.0. The van der Waals surface area contributed by atoms with E-state index in [1.165, 1.54) is 44.9 Å². The summed E-state index contributed by atoms with van der Waals surface area (Å²) in [7, 11) is 0. The van der Waals surface area contributed by atoms with E-state index in [4.69, 9.17) is 14.2 Å². The van der Waals surface area contributed by atoms with E-state index in [9.17, 15) is 35.1 Å². The van der Waals surface area contributed by atoms with Crippen LogP contribution in [0.2, 0.25) is 0 Å². The maximum absolute atomic E-state index is 13.4. The number of allylic oxidation sites excluding steroid dienone is 15. The molecule has 0 aromatic rings. The number of ether oxygens (including phenoxy) is 3. The van der Waals surface area contributed by atoms with Crippen molar-refractivity contribution in [1.82, 2.24) is 5.32 Å². The molecular formula is C59H99NO10. The number of nitrogens with one attached hydrogen (secondary N) is 1. The van der Waals surface area contributed by atoms with Gasteiger partial charge in [0.05, 0.1) is 25.4 Å². The number of rotatable bonds is 44. The highest BCUT2D eigenvalue weighted by atomic mass is 16.7. The Kier molecular flexibility index (Phi) is 43.0. The molecule has 0 aliphatic carbocycles. The van der Waals surface area contributed by atoms with Crippen LogP contribution in [0.1, 0.15) is 201 Å². The van der Waals surface area contributed by atoms with E-state index < -0.39 is 67.4 Å². The molecule has 1 aliphatic rings. The number of carbonyl (C=O) groups excluding carboxylic acids is 2. The maximum atomic E-state index is 13.4. The highest BCUT2D eigenvalue weighted by molar-refractivity contribution is 5.80. The van der Waals surface area contributed by atoms with Gasteiger partial charge in [0.1, 0.15) is 24.4 Å². The van der Waals surface area contributed by atoms with E-state index in [1.54, 1.807) is 6.08 Å². The first-order chi connectivity index (χ1) is 34.2. The average Bonchev–Trinajstić information content (AvgIpc) is 3.36. The van der Waals surface area contributed by atoms with Gasteiger partial charge in [-0.25, -0.2) is 0 Å². The van der Waals surface area contributed by atoms with Crippen LogP contribution >= 0.6 is 0 Å². The van der Waals surface area contributed by atoms with Crippen LogP contribution in [0, 0.1) is 0 Å². The smallest absolute Gasteiger partial charge is 0.306 e. The molecule has 0 aromatic carbocycles. The summed E-state index contributed by atoms with van der Waals surface area (Å²) in [6.45, 7) is 5.46. The SMILES string of the molecule is CC/C=C/C=C/C=C/C=C\CCCCCCCC(=O)OC1C(OCC(NC(=O)C(O)CCCCCCCC/C=C/C=C/C=C/CC)C(O)/C=C/CCCCCCCCCCCC)OC(CO)C(O)C1O. The summed E-state index contributed by atoms with van der Waals surface area (Å²) in [4.78, 5) is 26.4. The second kappa shape index (κ2) is 46.6. The van der Waals surface area contributed by atoms with Crippen LogP contribution in [-0.4, -0.2) is 99.6 Å². The number of unbranched alkanes of at least 4 members (excludes halogenated alkanes) is 21. The van der Waals surface area contributed by atoms with Crippen LogP contribution in [0.25, 0.3) is 0 Å². The lowest BCUT2D eigenvalue weighted by Gasteiger charge is -2.41. The van der Waals surface area contributed by atoms with Crippen molar-refractivity contribution in [1.29, 1.82) is 0 Å². The van der Waals surface area contributed by atoms with Crippen LogP contribution in [0.15, 0.2) is 97.2 Å². The molecule has 1 heterocycles. The molecule has 1 saturated heterocycles. The van der Waals surface area contributed by atoms with Crippen molar-refractivity contribution in [3.05, 3.63) is 97.2 Å². The molecule has 8 atom stereocenters. The fraction of sp³-hybridized carbons (Fsp3) is 0.695. The summed E-state index contributed by atoms with van der Waals surface area (Å²) >= 11 is 0. The Morgan fingerprint density at radius 2 is 1.03 bits per heavy atom. The fourth-order valence-corrected chi connectivity index (χ4v) is 8.01. The Labute approximate surface area is 425 Å². The first-order valence-corrected chi connectivity index (χ1v) is 27.6. The van der Waals surface area contributed by atoms with Crippen molar-refractivity contribution in [3.8, 4) is 0 Å². The highest BCUT2D eigenvalue weighted by Crippen LogP contribution is 2.26. The summed E-state index contributed by atoms with van der Waals surface area (Å²) in [5.74, 6) is -1.24. The number of esters is 1. The third kappa shape index (κ3) is 34.8. The second-order valence-electron chi connectivity index (χ2n) is 18.7. The zero-order chi connectivity index (χ0) is 51.1. The number of hydrogen-bond acceptors (Lipinski definition) is 10. The Morgan fingerprint density at radius 1 is 0.571 bits per heavy atom. The molecule has 400 valence electrons. The molecule has 0 aromatic heterocycles. The van der Waals surface area contributed by atoms with Crippen molar-refractivity contribution in [2.45, 2.75) is 250 Å². The van der Waals surface area contributed by atoms with Crippen molar-refractivity contribution in [3.63, 3.8) is 0 Å². The molecule has 1 aliphatic heterocycles. The molecule has 70 heavy (non-hydrogen) atoms. The Morgan fingerprint density at radius 3 is 1.54 bits per heavy atom. The molecule has 1 fully saturated rings. The molecule has 0 bridgehead atoms. The molecule has 0 radical (unpaired) electrons. The first kappa shape index (κ1) is 64.6. The van der Waals surface area contributed by atoms with E-state index in [-0.39, 0.29) is 19.4 Å². The predicted molar refractivity (Wildman–Crippen MR) is 287 cm³/mol. The molecular weight excluding hydrogens is 883 g/mol. The second-order valence-corrected chi connectivity index (χ2v) is 18.7. The summed E-state index contributed by atoms with van der Waals surface area (Å²) in [5, 5.41) is 56.7. The van der Waals surface area contributed by atoms with Gasteiger partial charge >= 0.3 is 5.97 Å².